The molecule has 2 amide bonds. The number of amides is 2. The molecule has 2 N–H and O–H groups in total. The van der Waals surface area contributed by atoms with Crippen molar-refractivity contribution in [1.29, 1.82) is 0 Å². The zero-order chi connectivity index (χ0) is 19.3. The molecule has 1 aliphatic rings. The second-order valence-corrected chi connectivity index (χ2v) is 7.16. The maximum Gasteiger partial charge on any atom is 0.288 e. The number of carbonyl (C=O) groups is 2. The van der Waals surface area contributed by atoms with Crippen molar-refractivity contribution in [1.82, 2.24) is 20.0 Å². The van der Waals surface area contributed by atoms with Crippen molar-refractivity contribution in [3.05, 3.63) is 60.1 Å². The number of imidazole rings is 1. The van der Waals surface area contributed by atoms with Gasteiger partial charge in [0.05, 0.1) is 18.3 Å². The summed E-state index contributed by atoms with van der Waals surface area (Å²) in [7, 11) is 0. The van der Waals surface area contributed by atoms with Gasteiger partial charge >= 0.3 is 0 Å². The van der Waals surface area contributed by atoms with Crippen LogP contribution in [0.1, 0.15) is 65.4 Å². The van der Waals surface area contributed by atoms with Crippen LogP contribution in [0.3, 0.4) is 0 Å². The Morgan fingerprint density at radius 2 is 1.89 bits per heavy atom. The Labute approximate surface area is 163 Å². The highest BCUT2D eigenvalue weighted by Crippen LogP contribution is 2.19. The lowest BCUT2D eigenvalue weighted by atomic mass is 10.1. The summed E-state index contributed by atoms with van der Waals surface area (Å²) in [5, 5.41) is 5.90. The normalized spacial score (nSPS) is 15.3. The fourth-order valence-electron chi connectivity index (χ4n) is 3.70. The predicted octanol–water partition coefficient (Wildman–Crippen LogP) is 3.31. The standard InChI is InChI=1S/C21H24N4O3/c26-20(23-15-8-3-1-2-4-9-15)18-17-11-5-6-12-25(17)19(24-18)21(27)22-14-16-10-7-13-28-16/h5-7,10-13,15H,1-4,8-9,14H2,(H,22,27)(H,23,26). The molecule has 0 atom stereocenters. The monoisotopic (exact) mass is 380 g/mol. The number of nitrogens with one attached hydrogen (secondary N) is 2. The average Bonchev–Trinajstić information content (AvgIpc) is 3.29. The van der Waals surface area contributed by atoms with Gasteiger partial charge in [0, 0.05) is 12.2 Å². The summed E-state index contributed by atoms with van der Waals surface area (Å²) >= 11 is 0. The number of hydrogen-bond acceptors (Lipinski definition) is 4. The molecule has 0 unspecified atom stereocenters. The topological polar surface area (TPSA) is 88.6 Å². The van der Waals surface area contributed by atoms with E-state index in [4.69, 9.17) is 4.42 Å². The van der Waals surface area contributed by atoms with Gasteiger partial charge in [0.1, 0.15) is 5.76 Å². The lowest BCUT2D eigenvalue weighted by Crippen LogP contribution is -2.34. The molecule has 0 aromatic carbocycles. The molecule has 3 aromatic rings. The fourth-order valence-corrected chi connectivity index (χ4v) is 3.70. The van der Waals surface area contributed by atoms with Crippen LogP contribution in [0.25, 0.3) is 5.52 Å². The second-order valence-electron chi connectivity index (χ2n) is 7.16. The molecule has 1 saturated carbocycles. The quantitative estimate of drug-likeness (QED) is 0.665. The number of carbonyl (C=O) groups excluding carboxylic acids is 2. The molecule has 0 saturated heterocycles. The van der Waals surface area contributed by atoms with Crippen molar-refractivity contribution >= 4 is 17.3 Å². The fraction of sp³-hybridized carbons (Fsp3) is 0.381. The Kier molecular flexibility index (Phi) is 5.41. The molecule has 7 nitrogen and oxygen atoms in total. The molecule has 0 radical (unpaired) electrons. The third-order valence-electron chi connectivity index (χ3n) is 5.16. The number of fused-ring (bicyclic) bond motifs is 1. The summed E-state index contributed by atoms with van der Waals surface area (Å²) in [6.07, 6.45) is 10.0. The Bertz CT molecular complexity index is 953. The van der Waals surface area contributed by atoms with E-state index < -0.39 is 0 Å². The van der Waals surface area contributed by atoms with Gasteiger partial charge in [-0.15, -0.1) is 0 Å². The largest absolute Gasteiger partial charge is 0.467 e. The van der Waals surface area contributed by atoms with Gasteiger partial charge in [-0.25, -0.2) is 4.98 Å². The van der Waals surface area contributed by atoms with Crippen molar-refractivity contribution in [2.24, 2.45) is 0 Å². The third-order valence-corrected chi connectivity index (χ3v) is 5.16. The highest BCUT2D eigenvalue weighted by molar-refractivity contribution is 6.02. The van der Waals surface area contributed by atoms with Crippen LogP contribution in [-0.2, 0) is 6.54 Å². The van der Waals surface area contributed by atoms with E-state index in [9.17, 15) is 9.59 Å². The summed E-state index contributed by atoms with van der Waals surface area (Å²) in [5.74, 6) is 0.264. The van der Waals surface area contributed by atoms with Gasteiger partial charge < -0.3 is 15.1 Å². The molecule has 28 heavy (non-hydrogen) atoms. The molecule has 1 aliphatic carbocycles. The van der Waals surface area contributed by atoms with E-state index in [1.807, 2.05) is 12.1 Å². The minimum atomic E-state index is -0.355. The first-order valence-electron chi connectivity index (χ1n) is 9.81. The van der Waals surface area contributed by atoms with Gasteiger partial charge in [0.2, 0.25) is 5.82 Å². The lowest BCUT2D eigenvalue weighted by molar-refractivity contribution is 0.0930. The molecule has 7 heteroatoms. The molecular formula is C21H24N4O3. The number of rotatable bonds is 5. The Balaban J connectivity index is 1.55. The summed E-state index contributed by atoms with van der Waals surface area (Å²) in [5.41, 5.74) is 0.907. The summed E-state index contributed by atoms with van der Waals surface area (Å²) in [6, 6.07) is 9.18. The van der Waals surface area contributed by atoms with E-state index in [0.717, 1.165) is 25.7 Å². The zero-order valence-corrected chi connectivity index (χ0v) is 15.7. The zero-order valence-electron chi connectivity index (χ0n) is 15.7. The van der Waals surface area contributed by atoms with Gasteiger partial charge in [0.15, 0.2) is 5.69 Å². The Hall–Kier alpha value is -3.09. The van der Waals surface area contributed by atoms with Gasteiger partial charge in [-0.1, -0.05) is 31.7 Å². The maximum absolute atomic E-state index is 12.9. The van der Waals surface area contributed by atoms with E-state index in [0.29, 0.717) is 11.3 Å². The Morgan fingerprint density at radius 1 is 1.07 bits per heavy atom. The average molecular weight is 380 g/mol. The van der Waals surface area contributed by atoms with Crippen molar-refractivity contribution in [3.8, 4) is 0 Å². The van der Waals surface area contributed by atoms with E-state index in [1.165, 1.54) is 12.8 Å². The first-order chi connectivity index (χ1) is 13.7. The molecule has 0 spiro atoms. The minimum absolute atomic E-state index is 0.173. The van der Waals surface area contributed by atoms with Crippen molar-refractivity contribution < 1.29 is 14.0 Å². The van der Waals surface area contributed by atoms with E-state index >= 15 is 0 Å². The van der Waals surface area contributed by atoms with Crippen molar-refractivity contribution in [3.63, 3.8) is 0 Å². The molecule has 0 aliphatic heterocycles. The van der Waals surface area contributed by atoms with Crippen LogP contribution >= 0.6 is 0 Å². The number of furan rings is 1. The Morgan fingerprint density at radius 3 is 2.64 bits per heavy atom. The number of nitrogens with zero attached hydrogens (tertiary/aromatic N) is 2. The van der Waals surface area contributed by atoms with Gasteiger partial charge in [-0.05, 0) is 37.1 Å². The SMILES string of the molecule is O=C(NC1CCCCCC1)c1nc(C(=O)NCc2ccco2)n2ccccc12. The van der Waals surface area contributed by atoms with E-state index in [2.05, 4.69) is 15.6 Å². The van der Waals surface area contributed by atoms with Crippen LogP contribution in [0.2, 0.25) is 0 Å². The highest BCUT2D eigenvalue weighted by Gasteiger charge is 2.23. The van der Waals surface area contributed by atoms with Crippen molar-refractivity contribution in [2.45, 2.75) is 51.1 Å². The molecule has 0 bridgehead atoms. The number of hydrogen-bond donors (Lipinski definition) is 2. The third kappa shape index (κ3) is 3.93. The summed E-state index contributed by atoms with van der Waals surface area (Å²) < 4.78 is 6.89. The van der Waals surface area contributed by atoms with Crippen LogP contribution in [0, 0.1) is 0 Å². The second kappa shape index (κ2) is 8.29. The van der Waals surface area contributed by atoms with Gasteiger partial charge in [-0.2, -0.15) is 0 Å². The lowest BCUT2D eigenvalue weighted by Gasteiger charge is -2.15. The van der Waals surface area contributed by atoms with Crippen LogP contribution < -0.4 is 10.6 Å². The molecule has 3 heterocycles. The molecular weight excluding hydrogens is 356 g/mol. The highest BCUT2D eigenvalue weighted by atomic mass is 16.3. The van der Waals surface area contributed by atoms with Crippen LogP contribution in [0.15, 0.2) is 47.2 Å². The van der Waals surface area contributed by atoms with Crippen LogP contribution in [-0.4, -0.2) is 27.2 Å². The number of aromatic nitrogens is 2. The first-order valence-corrected chi connectivity index (χ1v) is 9.81. The van der Waals surface area contributed by atoms with E-state index in [-0.39, 0.29) is 35.9 Å². The maximum atomic E-state index is 12.9. The summed E-state index contributed by atoms with van der Waals surface area (Å²) in [6.45, 7) is 0.261. The van der Waals surface area contributed by atoms with Crippen LogP contribution in [0.4, 0.5) is 0 Å². The first kappa shape index (κ1) is 18.3. The molecule has 3 aromatic heterocycles. The van der Waals surface area contributed by atoms with Crippen molar-refractivity contribution in [2.75, 3.05) is 0 Å². The molecule has 4 rings (SSSR count). The predicted molar refractivity (Wildman–Crippen MR) is 104 cm³/mol. The number of pyridine rings is 1. The van der Waals surface area contributed by atoms with Crippen LogP contribution in [0.5, 0.6) is 0 Å². The summed E-state index contributed by atoms with van der Waals surface area (Å²) in [4.78, 5) is 29.9. The van der Waals surface area contributed by atoms with Gasteiger partial charge in [0.25, 0.3) is 11.8 Å². The van der Waals surface area contributed by atoms with Gasteiger partial charge in [-0.3, -0.25) is 14.0 Å². The van der Waals surface area contributed by atoms with E-state index in [1.54, 1.807) is 35.1 Å². The molecule has 1 fully saturated rings. The smallest absolute Gasteiger partial charge is 0.288 e. The minimum Gasteiger partial charge on any atom is -0.467 e. The molecule has 146 valence electrons.